The molecule has 0 bridgehead atoms. The van der Waals surface area contributed by atoms with Crippen LogP contribution in [0.1, 0.15) is 38.1 Å². The van der Waals surface area contributed by atoms with Gasteiger partial charge in [0.05, 0.1) is 18.9 Å². The molecular weight excluding hydrogens is 542 g/mol. The minimum Gasteiger partial charge on any atom is -0.465 e. The maximum absolute atomic E-state index is 12.6. The van der Waals surface area contributed by atoms with Crippen LogP contribution < -0.4 is 4.90 Å². The van der Waals surface area contributed by atoms with Crippen LogP contribution in [0.25, 0.3) is 38.7 Å². The number of hydrogen-bond acceptors (Lipinski definition) is 7. The fraction of sp³-hybridized carbons (Fsp3) is 0.294. The van der Waals surface area contributed by atoms with E-state index in [0.717, 1.165) is 57.5 Å². The number of piperazine rings is 1. The summed E-state index contributed by atoms with van der Waals surface area (Å²) in [5.74, 6) is -0.367. The van der Waals surface area contributed by atoms with Crippen LogP contribution in [0, 0.1) is 0 Å². The van der Waals surface area contributed by atoms with E-state index in [4.69, 9.17) is 14.5 Å². The van der Waals surface area contributed by atoms with Gasteiger partial charge >= 0.3 is 12.1 Å². The first-order valence-corrected chi connectivity index (χ1v) is 14.4. The summed E-state index contributed by atoms with van der Waals surface area (Å²) in [6, 6.07) is 19.9. The molecule has 1 aliphatic heterocycles. The molecule has 0 radical (unpaired) electrons. The van der Waals surface area contributed by atoms with Crippen molar-refractivity contribution in [2.75, 3.05) is 31.6 Å². The molecule has 6 rings (SSSR count). The summed E-state index contributed by atoms with van der Waals surface area (Å²) in [5.41, 5.74) is 5.66. The normalized spacial score (nSPS) is 15.6. The largest absolute Gasteiger partial charge is 0.465 e. The van der Waals surface area contributed by atoms with Crippen molar-refractivity contribution in [2.45, 2.75) is 39.3 Å². The average Bonchev–Trinajstić information content (AvgIpc) is 3.42. The van der Waals surface area contributed by atoms with E-state index < -0.39 is 5.60 Å². The van der Waals surface area contributed by atoms with E-state index in [2.05, 4.69) is 41.2 Å². The van der Waals surface area contributed by atoms with Crippen molar-refractivity contribution < 1.29 is 19.1 Å². The van der Waals surface area contributed by atoms with Gasteiger partial charge < -0.3 is 19.3 Å². The van der Waals surface area contributed by atoms with Crippen molar-refractivity contribution >= 4 is 34.2 Å². The maximum atomic E-state index is 12.6. The van der Waals surface area contributed by atoms with E-state index in [1.54, 1.807) is 10.6 Å². The van der Waals surface area contributed by atoms with Gasteiger partial charge in [0, 0.05) is 54.9 Å². The first kappa shape index (κ1) is 28.2. The Bertz CT molecular complexity index is 1820. The fourth-order valence-electron chi connectivity index (χ4n) is 5.68. The van der Waals surface area contributed by atoms with Crippen molar-refractivity contribution in [2.24, 2.45) is 0 Å². The number of carbonyl (C=O) groups excluding carboxylic acids is 2. The molecule has 43 heavy (non-hydrogen) atoms. The fourth-order valence-corrected chi connectivity index (χ4v) is 5.68. The summed E-state index contributed by atoms with van der Waals surface area (Å²) in [4.78, 5) is 33.9. The van der Waals surface area contributed by atoms with E-state index in [-0.39, 0.29) is 18.1 Å². The molecule has 1 atom stereocenters. The Hall–Kier alpha value is -4.92. The molecule has 0 N–H and O–H groups in total. The van der Waals surface area contributed by atoms with Gasteiger partial charge in [-0.15, -0.1) is 0 Å². The number of rotatable bonds is 4. The van der Waals surface area contributed by atoms with E-state index in [1.807, 2.05) is 74.6 Å². The highest BCUT2D eigenvalue weighted by atomic mass is 16.6. The Labute approximate surface area is 250 Å². The highest BCUT2D eigenvalue weighted by Crippen LogP contribution is 2.34. The first-order chi connectivity index (χ1) is 20.6. The number of methoxy groups -OCH3 is 1. The highest BCUT2D eigenvalue weighted by Gasteiger charge is 2.31. The zero-order chi connectivity index (χ0) is 30.3. The quantitative estimate of drug-likeness (QED) is 0.227. The molecule has 1 amide bonds. The minimum atomic E-state index is -0.509. The van der Waals surface area contributed by atoms with Gasteiger partial charge in [-0.2, -0.15) is 5.10 Å². The van der Waals surface area contributed by atoms with Gasteiger partial charge in [0.25, 0.3) is 0 Å². The zero-order valence-electron chi connectivity index (χ0n) is 25.1. The number of ether oxygens (including phenoxy) is 2. The monoisotopic (exact) mass is 577 g/mol. The Morgan fingerprint density at radius 3 is 2.33 bits per heavy atom. The van der Waals surface area contributed by atoms with Crippen molar-refractivity contribution in [3.8, 4) is 22.3 Å². The molecule has 9 heteroatoms. The molecule has 9 nitrogen and oxygen atoms in total. The molecule has 0 unspecified atom stereocenters. The number of carbonyl (C=O) groups is 2. The Morgan fingerprint density at radius 1 is 0.884 bits per heavy atom. The van der Waals surface area contributed by atoms with E-state index >= 15 is 0 Å². The summed E-state index contributed by atoms with van der Waals surface area (Å²) in [6.45, 7) is 9.81. The van der Waals surface area contributed by atoms with Gasteiger partial charge in [-0.1, -0.05) is 42.5 Å². The summed E-state index contributed by atoms with van der Waals surface area (Å²) in [5, 5.41) is 6.37. The second kappa shape index (κ2) is 11.1. The highest BCUT2D eigenvalue weighted by molar-refractivity contribution is 6.10. The molecule has 0 aliphatic carbocycles. The van der Waals surface area contributed by atoms with Gasteiger partial charge in [0.1, 0.15) is 5.60 Å². The third kappa shape index (κ3) is 5.50. The number of amides is 1. The molecular formula is C34H35N5O4. The third-order valence-corrected chi connectivity index (χ3v) is 7.80. The number of esters is 1. The number of fused-ring (bicyclic) bond motifs is 2. The second-order valence-corrected chi connectivity index (χ2v) is 11.9. The molecule has 0 spiro atoms. The van der Waals surface area contributed by atoms with Crippen molar-refractivity contribution in [3.05, 3.63) is 84.8 Å². The lowest BCUT2D eigenvalue weighted by Crippen LogP contribution is -2.55. The SMILES string of the molecule is COC(=O)c1ccc(-c2cnn3cc(-c4ccc(N5CCN(C(=O)OC(C)(C)C)[C@@H](C)C5)cc4)cnc23)c2ccccc12. The van der Waals surface area contributed by atoms with Crippen LogP contribution in [0.15, 0.2) is 79.3 Å². The Balaban J connectivity index is 1.22. The lowest BCUT2D eigenvalue weighted by atomic mass is 9.96. The van der Waals surface area contributed by atoms with Crippen molar-refractivity contribution in [3.63, 3.8) is 0 Å². The third-order valence-electron chi connectivity index (χ3n) is 7.80. The zero-order valence-corrected chi connectivity index (χ0v) is 25.1. The molecule has 3 heterocycles. The van der Waals surface area contributed by atoms with Crippen molar-refractivity contribution in [1.29, 1.82) is 0 Å². The standard InChI is InChI=1S/C34H35N5O4/c1-22-20-37(16-17-38(22)33(41)43-34(2,3)4)25-12-10-23(11-13-25)24-18-35-31-30(19-36-39(31)21-24)28-14-15-29(32(40)42-5)27-9-7-6-8-26(27)28/h6-15,18-19,21-22H,16-17,20H2,1-5H3/t22-/m0/s1. The predicted octanol–water partition coefficient (Wildman–Crippen LogP) is 6.45. The number of aromatic nitrogens is 3. The average molecular weight is 578 g/mol. The summed E-state index contributed by atoms with van der Waals surface area (Å²) in [7, 11) is 1.39. The Morgan fingerprint density at radius 2 is 1.63 bits per heavy atom. The molecule has 0 saturated carbocycles. The van der Waals surface area contributed by atoms with Gasteiger partial charge in [0.15, 0.2) is 5.65 Å². The summed E-state index contributed by atoms with van der Waals surface area (Å²) >= 11 is 0. The first-order valence-electron chi connectivity index (χ1n) is 14.4. The second-order valence-electron chi connectivity index (χ2n) is 11.9. The lowest BCUT2D eigenvalue weighted by Gasteiger charge is -2.41. The van der Waals surface area contributed by atoms with E-state index in [0.29, 0.717) is 12.1 Å². The molecule has 3 aromatic carbocycles. The van der Waals surface area contributed by atoms with Crippen molar-refractivity contribution in [1.82, 2.24) is 19.5 Å². The summed E-state index contributed by atoms with van der Waals surface area (Å²) < 4.78 is 12.4. The van der Waals surface area contributed by atoms with Crippen LogP contribution in [-0.4, -0.2) is 69.9 Å². The van der Waals surface area contributed by atoms with Crippen LogP contribution in [-0.2, 0) is 9.47 Å². The van der Waals surface area contributed by atoms with Gasteiger partial charge in [-0.05, 0) is 67.8 Å². The molecule has 2 aromatic heterocycles. The van der Waals surface area contributed by atoms with E-state index in [1.165, 1.54) is 7.11 Å². The van der Waals surface area contributed by atoms with Crippen LogP contribution in [0.3, 0.4) is 0 Å². The Kier molecular flexibility index (Phi) is 7.25. The van der Waals surface area contributed by atoms with Crippen LogP contribution >= 0.6 is 0 Å². The maximum Gasteiger partial charge on any atom is 0.410 e. The number of benzene rings is 3. The van der Waals surface area contributed by atoms with Crippen LogP contribution in [0.4, 0.5) is 10.5 Å². The van der Waals surface area contributed by atoms with Crippen LogP contribution in [0.2, 0.25) is 0 Å². The molecule has 220 valence electrons. The van der Waals surface area contributed by atoms with Crippen LogP contribution in [0.5, 0.6) is 0 Å². The number of anilines is 1. The van der Waals surface area contributed by atoms with Gasteiger partial charge in [-0.3, -0.25) is 0 Å². The summed E-state index contributed by atoms with van der Waals surface area (Å²) in [6.07, 6.45) is 5.40. The van der Waals surface area contributed by atoms with E-state index in [9.17, 15) is 9.59 Å². The number of nitrogens with zero attached hydrogens (tertiary/aromatic N) is 5. The predicted molar refractivity (Wildman–Crippen MR) is 167 cm³/mol. The molecule has 1 saturated heterocycles. The molecule has 5 aromatic rings. The topological polar surface area (TPSA) is 89.3 Å². The smallest absolute Gasteiger partial charge is 0.410 e. The molecule has 1 aliphatic rings. The lowest BCUT2D eigenvalue weighted by molar-refractivity contribution is 0.0159. The molecule has 1 fully saturated rings. The van der Waals surface area contributed by atoms with Gasteiger partial charge in [0.2, 0.25) is 0 Å². The number of hydrogen-bond donors (Lipinski definition) is 0. The minimum absolute atomic E-state index is 0.0395. The van der Waals surface area contributed by atoms with Gasteiger partial charge in [-0.25, -0.2) is 19.1 Å².